The number of hydrogen-bond acceptors (Lipinski definition) is 4. The van der Waals surface area contributed by atoms with Gasteiger partial charge in [0, 0.05) is 29.7 Å². The Morgan fingerprint density at radius 1 is 1.00 bits per heavy atom. The van der Waals surface area contributed by atoms with E-state index in [-0.39, 0.29) is 0 Å². The molecule has 4 nitrogen and oxygen atoms in total. The molecule has 2 rings (SSSR count). The monoisotopic (exact) mass is 257 g/mol. The molecule has 0 saturated carbocycles. The highest BCUT2D eigenvalue weighted by Gasteiger charge is 2.08. The Balaban J connectivity index is 2.44. The minimum absolute atomic E-state index is 0.636. The van der Waals surface area contributed by atoms with Crippen LogP contribution in [-0.4, -0.2) is 13.7 Å². The van der Waals surface area contributed by atoms with E-state index in [9.17, 15) is 0 Å². The Bertz CT molecular complexity index is 561. The van der Waals surface area contributed by atoms with Crippen molar-refractivity contribution in [2.45, 2.75) is 6.42 Å². The Labute approximate surface area is 113 Å². The van der Waals surface area contributed by atoms with Crippen molar-refractivity contribution in [2.75, 3.05) is 30.9 Å². The second-order valence-electron chi connectivity index (χ2n) is 4.51. The van der Waals surface area contributed by atoms with Crippen molar-refractivity contribution in [1.29, 1.82) is 0 Å². The number of nitrogen functional groups attached to an aromatic ring is 3. The van der Waals surface area contributed by atoms with Crippen molar-refractivity contribution in [3.05, 3.63) is 42.0 Å². The van der Waals surface area contributed by atoms with E-state index in [4.69, 9.17) is 21.9 Å². The highest BCUT2D eigenvalue weighted by atomic mass is 16.5. The number of anilines is 3. The summed E-state index contributed by atoms with van der Waals surface area (Å²) in [4.78, 5) is 0. The van der Waals surface area contributed by atoms with Crippen LogP contribution in [0.1, 0.15) is 5.56 Å². The van der Waals surface area contributed by atoms with E-state index in [1.165, 1.54) is 0 Å². The van der Waals surface area contributed by atoms with E-state index < -0.39 is 0 Å². The number of nitrogens with two attached hydrogens (primary N) is 3. The summed E-state index contributed by atoms with van der Waals surface area (Å²) in [6.07, 6.45) is 0.786. The van der Waals surface area contributed by atoms with Gasteiger partial charge in [0.05, 0.1) is 6.61 Å². The molecule has 2 aromatic rings. The van der Waals surface area contributed by atoms with E-state index >= 15 is 0 Å². The Morgan fingerprint density at radius 2 is 1.68 bits per heavy atom. The second kappa shape index (κ2) is 5.63. The fourth-order valence-electron chi connectivity index (χ4n) is 2.13. The summed E-state index contributed by atoms with van der Waals surface area (Å²) < 4.78 is 5.09. The van der Waals surface area contributed by atoms with Gasteiger partial charge in [-0.15, -0.1) is 0 Å². The van der Waals surface area contributed by atoms with Gasteiger partial charge in [-0.25, -0.2) is 0 Å². The predicted molar refractivity (Wildman–Crippen MR) is 80.7 cm³/mol. The molecule has 0 atom stereocenters. The van der Waals surface area contributed by atoms with Crippen molar-refractivity contribution in [2.24, 2.45) is 0 Å². The lowest BCUT2D eigenvalue weighted by Gasteiger charge is -2.12. The first-order valence-corrected chi connectivity index (χ1v) is 6.14. The maximum atomic E-state index is 6.22. The number of hydrogen-bond donors (Lipinski definition) is 3. The molecule has 0 spiro atoms. The lowest BCUT2D eigenvalue weighted by Crippen LogP contribution is -2.01. The molecule has 100 valence electrons. The summed E-state index contributed by atoms with van der Waals surface area (Å²) in [5.41, 5.74) is 22.9. The molecule has 0 fully saturated rings. The Kier molecular flexibility index (Phi) is 3.92. The highest BCUT2D eigenvalue weighted by Crippen LogP contribution is 2.31. The zero-order valence-corrected chi connectivity index (χ0v) is 11.0. The molecule has 0 aliphatic heterocycles. The average molecular weight is 257 g/mol. The minimum atomic E-state index is 0.636. The lowest BCUT2D eigenvalue weighted by atomic mass is 9.98. The van der Waals surface area contributed by atoms with Crippen LogP contribution in [0.15, 0.2) is 36.4 Å². The van der Waals surface area contributed by atoms with Crippen LogP contribution in [0, 0.1) is 0 Å². The van der Waals surface area contributed by atoms with E-state index in [1.54, 1.807) is 13.2 Å². The van der Waals surface area contributed by atoms with Crippen LogP contribution >= 0.6 is 0 Å². The molecule has 0 aliphatic rings. The fourth-order valence-corrected chi connectivity index (χ4v) is 2.13. The van der Waals surface area contributed by atoms with E-state index in [0.29, 0.717) is 18.0 Å². The molecule has 0 saturated heterocycles. The van der Waals surface area contributed by atoms with E-state index in [1.807, 2.05) is 30.3 Å². The molecule has 0 amide bonds. The van der Waals surface area contributed by atoms with Crippen molar-refractivity contribution in [3.63, 3.8) is 0 Å². The van der Waals surface area contributed by atoms with Crippen LogP contribution in [0.25, 0.3) is 11.1 Å². The van der Waals surface area contributed by atoms with Gasteiger partial charge < -0.3 is 21.9 Å². The summed E-state index contributed by atoms with van der Waals surface area (Å²) in [5, 5.41) is 0. The highest BCUT2D eigenvalue weighted by molar-refractivity contribution is 5.82. The van der Waals surface area contributed by atoms with E-state index in [0.717, 1.165) is 28.8 Å². The molecule has 0 aliphatic carbocycles. The summed E-state index contributed by atoms with van der Waals surface area (Å²) in [6, 6.07) is 11.4. The maximum Gasteiger partial charge on any atom is 0.0503 e. The number of para-hydroxylation sites is 1. The van der Waals surface area contributed by atoms with Gasteiger partial charge >= 0.3 is 0 Å². The molecule has 19 heavy (non-hydrogen) atoms. The summed E-state index contributed by atoms with van der Waals surface area (Å²) in [7, 11) is 1.68. The van der Waals surface area contributed by atoms with Crippen molar-refractivity contribution < 1.29 is 4.74 Å². The molecule has 6 N–H and O–H groups in total. The van der Waals surface area contributed by atoms with E-state index in [2.05, 4.69) is 0 Å². The zero-order valence-electron chi connectivity index (χ0n) is 11.0. The Hall–Kier alpha value is -2.20. The average Bonchev–Trinajstić information content (AvgIpc) is 2.36. The standard InChI is InChI=1S/C15H19N3O/c1-19-6-5-10-3-2-4-14(15(10)18)11-7-12(16)9-13(17)8-11/h2-4,7-9H,5-6,16-18H2,1H3. The van der Waals surface area contributed by atoms with Crippen LogP contribution in [0.5, 0.6) is 0 Å². The maximum absolute atomic E-state index is 6.22. The van der Waals surface area contributed by atoms with Gasteiger partial charge in [0.25, 0.3) is 0 Å². The van der Waals surface area contributed by atoms with Gasteiger partial charge in [0.15, 0.2) is 0 Å². The third kappa shape index (κ3) is 2.98. The van der Waals surface area contributed by atoms with Gasteiger partial charge in [0.1, 0.15) is 0 Å². The third-order valence-corrected chi connectivity index (χ3v) is 3.06. The second-order valence-corrected chi connectivity index (χ2v) is 4.51. The summed E-state index contributed by atoms with van der Waals surface area (Å²) >= 11 is 0. The predicted octanol–water partition coefficient (Wildman–Crippen LogP) is 2.29. The number of ether oxygens (including phenoxy) is 1. The van der Waals surface area contributed by atoms with Crippen LogP contribution in [-0.2, 0) is 11.2 Å². The topological polar surface area (TPSA) is 87.3 Å². The van der Waals surface area contributed by atoms with Crippen molar-refractivity contribution in [3.8, 4) is 11.1 Å². The molecule has 0 radical (unpaired) electrons. The SMILES string of the molecule is COCCc1cccc(-c2cc(N)cc(N)c2)c1N. The van der Waals surface area contributed by atoms with Gasteiger partial charge in [-0.2, -0.15) is 0 Å². The summed E-state index contributed by atoms with van der Waals surface area (Å²) in [6.45, 7) is 0.646. The van der Waals surface area contributed by atoms with Crippen LogP contribution in [0.3, 0.4) is 0 Å². The molecule has 4 heteroatoms. The molecule has 2 aromatic carbocycles. The van der Waals surface area contributed by atoms with Gasteiger partial charge in [0.2, 0.25) is 0 Å². The van der Waals surface area contributed by atoms with Gasteiger partial charge in [-0.05, 0) is 35.7 Å². The van der Waals surface area contributed by atoms with Crippen LogP contribution in [0.4, 0.5) is 17.1 Å². The van der Waals surface area contributed by atoms with Crippen LogP contribution in [0.2, 0.25) is 0 Å². The first kappa shape index (κ1) is 13.2. The minimum Gasteiger partial charge on any atom is -0.399 e. The first-order chi connectivity index (χ1) is 9.11. The molecule has 0 unspecified atom stereocenters. The van der Waals surface area contributed by atoms with Crippen LogP contribution < -0.4 is 17.2 Å². The van der Waals surface area contributed by atoms with Gasteiger partial charge in [-0.1, -0.05) is 18.2 Å². The fraction of sp³-hybridized carbons (Fsp3) is 0.200. The third-order valence-electron chi connectivity index (χ3n) is 3.06. The first-order valence-electron chi connectivity index (χ1n) is 6.14. The number of methoxy groups -OCH3 is 1. The molecular weight excluding hydrogens is 238 g/mol. The molecular formula is C15H19N3O. The lowest BCUT2D eigenvalue weighted by molar-refractivity contribution is 0.202. The normalized spacial score (nSPS) is 10.6. The quantitative estimate of drug-likeness (QED) is 0.733. The number of benzene rings is 2. The Morgan fingerprint density at radius 3 is 2.32 bits per heavy atom. The van der Waals surface area contributed by atoms with Crippen molar-refractivity contribution in [1.82, 2.24) is 0 Å². The van der Waals surface area contributed by atoms with Crippen molar-refractivity contribution >= 4 is 17.1 Å². The van der Waals surface area contributed by atoms with Gasteiger partial charge in [-0.3, -0.25) is 0 Å². The zero-order chi connectivity index (χ0) is 13.8. The molecule has 0 aromatic heterocycles. The molecule has 0 bridgehead atoms. The summed E-state index contributed by atoms with van der Waals surface area (Å²) in [5.74, 6) is 0. The molecule has 0 heterocycles. The largest absolute Gasteiger partial charge is 0.399 e. The smallest absolute Gasteiger partial charge is 0.0503 e. The number of rotatable bonds is 4.